The maximum atomic E-state index is 6.28. The highest BCUT2D eigenvalue weighted by molar-refractivity contribution is 6.53. The van der Waals surface area contributed by atoms with E-state index in [1.165, 1.54) is 0 Å². The quantitative estimate of drug-likeness (QED) is 0.424. The van der Waals surface area contributed by atoms with Crippen LogP contribution >= 0.6 is 0 Å². The minimum Gasteiger partial charge on any atom is -0.413 e. The van der Waals surface area contributed by atoms with E-state index in [1.807, 2.05) is 6.08 Å². The molecule has 0 bridgehead atoms. The summed E-state index contributed by atoms with van der Waals surface area (Å²) in [7, 11) is -0.757. The van der Waals surface area contributed by atoms with Crippen LogP contribution in [0.25, 0.3) is 0 Å². The summed E-state index contributed by atoms with van der Waals surface area (Å²) >= 11 is 0. The van der Waals surface area contributed by atoms with Crippen molar-refractivity contribution in [1.82, 2.24) is 0 Å². The summed E-state index contributed by atoms with van der Waals surface area (Å²) in [5, 5.41) is 0. The Morgan fingerprint density at radius 2 is 1.65 bits per heavy atom. The Bertz CT molecular complexity index is 229. The second kappa shape index (κ2) is 10.5. The molecule has 0 spiro atoms. The summed E-state index contributed by atoms with van der Waals surface area (Å²) in [6.07, 6.45) is 11.9. The summed E-state index contributed by atoms with van der Waals surface area (Å²) < 4.78 is 6.28. The molecule has 0 unspecified atom stereocenters. The van der Waals surface area contributed by atoms with E-state index in [0.717, 1.165) is 18.5 Å². The first-order chi connectivity index (χ1) is 8.15. The Labute approximate surface area is 109 Å². The molecule has 0 amide bonds. The summed E-state index contributed by atoms with van der Waals surface area (Å²) in [6, 6.07) is 2.18. The molecule has 97 valence electrons. The molecule has 0 heterocycles. The van der Waals surface area contributed by atoms with Gasteiger partial charge in [0.15, 0.2) is 0 Å². The molecule has 0 fully saturated rings. The van der Waals surface area contributed by atoms with Gasteiger partial charge in [0.2, 0.25) is 9.04 Å². The molecule has 17 heavy (non-hydrogen) atoms. The molecule has 0 aliphatic carbocycles. The molecule has 0 rings (SSSR count). The molecule has 0 saturated heterocycles. The highest BCUT2D eigenvalue weighted by Crippen LogP contribution is 2.16. The van der Waals surface area contributed by atoms with E-state index < -0.39 is 9.04 Å². The van der Waals surface area contributed by atoms with E-state index in [2.05, 4.69) is 58.6 Å². The highest BCUT2D eigenvalue weighted by Gasteiger charge is 2.18. The second-order valence-electron chi connectivity index (χ2n) is 4.51. The monoisotopic (exact) mass is 251 g/mol. The first-order valence-corrected chi connectivity index (χ1v) is 8.32. The third-order valence-electron chi connectivity index (χ3n) is 2.62. The van der Waals surface area contributed by atoms with Gasteiger partial charge in [-0.05, 0) is 38.3 Å². The number of hydrogen-bond acceptors (Lipinski definition) is 1. The van der Waals surface area contributed by atoms with E-state index in [1.54, 1.807) is 0 Å². The van der Waals surface area contributed by atoms with Crippen molar-refractivity contribution >= 4 is 9.04 Å². The van der Waals surface area contributed by atoms with Gasteiger partial charge in [-0.1, -0.05) is 44.2 Å². The number of hydrogen-bond donors (Lipinski definition) is 0. The third kappa shape index (κ3) is 8.16. The zero-order valence-corrected chi connectivity index (χ0v) is 12.8. The predicted molar refractivity (Wildman–Crippen MR) is 79.5 cm³/mol. The maximum Gasteiger partial charge on any atom is 0.219 e. The van der Waals surface area contributed by atoms with Gasteiger partial charge in [-0.25, -0.2) is 0 Å². The standard InChI is InChI=1S/C15H27OSi/c1-6-9-12-17(13-10-7-2)16-15(11-8-3)14(4)5/h6-10,14-15H,3,11-13H2,1-2,4-5H3/b9-6-,10-7-/t15-/m0/s1. The first kappa shape index (κ1) is 16.4. The zero-order chi connectivity index (χ0) is 13.1. The maximum absolute atomic E-state index is 6.28. The lowest BCUT2D eigenvalue weighted by molar-refractivity contribution is 0.153. The van der Waals surface area contributed by atoms with Crippen molar-refractivity contribution in [3.8, 4) is 0 Å². The van der Waals surface area contributed by atoms with E-state index in [-0.39, 0.29) is 0 Å². The molecule has 0 aromatic carbocycles. The average Bonchev–Trinajstić information content (AvgIpc) is 2.31. The van der Waals surface area contributed by atoms with Crippen LogP contribution in [-0.2, 0) is 4.43 Å². The van der Waals surface area contributed by atoms with Crippen molar-refractivity contribution in [3.63, 3.8) is 0 Å². The fraction of sp³-hybridized carbons (Fsp3) is 0.600. The summed E-state index contributed by atoms with van der Waals surface area (Å²) in [5.74, 6) is 0.559. The van der Waals surface area contributed by atoms with E-state index in [0.29, 0.717) is 12.0 Å². The van der Waals surface area contributed by atoms with E-state index in [9.17, 15) is 0 Å². The largest absolute Gasteiger partial charge is 0.413 e. The molecule has 0 saturated carbocycles. The number of rotatable bonds is 9. The lowest BCUT2D eigenvalue weighted by Gasteiger charge is -2.24. The van der Waals surface area contributed by atoms with E-state index in [4.69, 9.17) is 4.43 Å². The van der Waals surface area contributed by atoms with Gasteiger partial charge >= 0.3 is 0 Å². The Hall–Kier alpha value is -0.603. The number of allylic oxidation sites excluding steroid dienone is 4. The van der Waals surface area contributed by atoms with Crippen LogP contribution in [0.4, 0.5) is 0 Å². The van der Waals surface area contributed by atoms with Crippen LogP contribution in [0.15, 0.2) is 37.0 Å². The van der Waals surface area contributed by atoms with Crippen LogP contribution in [0.2, 0.25) is 12.1 Å². The van der Waals surface area contributed by atoms with Gasteiger partial charge in [-0.2, -0.15) is 0 Å². The molecule has 0 aromatic rings. The fourth-order valence-electron chi connectivity index (χ4n) is 1.51. The summed E-state index contributed by atoms with van der Waals surface area (Å²) in [5.41, 5.74) is 0. The van der Waals surface area contributed by atoms with Gasteiger partial charge in [-0.3, -0.25) is 0 Å². The van der Waals surface area contributed by atoms with Crippen LogP contribution in [0.5, 0.6) is 0 Å². The average molecular weight is 251 g/mol. The normalized spacial score (nSPS) is 14.2. The molecule has 1 radical (unpaired) electrons. The summed E-state index contributed by atoms with van der Waals surface area (Å²) in [4.78, 5) is 0. The van der Waals surface area contributed by atoms with Crippen molar-refractivity contribution in [2.24, 2.45) is 5.92 Å². The Kier molecular flexibility index (Phi) is 10.2. The minimum absolute atomic E-state index is 0.330. The van der Waals surface area contributed by atoms with Gasteiger partial charge < -0.3 is 4.43 Å². The van der Waals surface area contributed by atoms with Crippen molar-refractivity contribution in [2.75, 3.05) is 0 Å². The predicted octanol–water partition coefficient (Wildman–Crippen LogP) is 4.75. The Morgan fingerprint density at radius 3 is 2.00 bits per heavy atom. The second-order valence-corrected chi connectivity index (χ2v) is 6.64. The molecule has 0 N–H and O–H groups in total. The van der Waals surface area contributed by atoms with Crippen molar-refractivity contribution in [2.45, 2.75) is 52.3 Å². The van der Waals surface area contributed by atoms with Crippen molar-refractivity contribution in [3.05, 3.63) is 37.0 Å². The third-order valence-corrected chi connectivity index (χ3v) is 4.64. The molecule has 0 aliphatic rings. The zero-order valence-electron chi connectivity index (χ0n) is 11.8. The topological polar surface area (TPSA) is 9.23 Å². The molecule has 1 nitrogen and oxygen atoms in total. The smallest absolute Gasteiger partial charge is 0.219 e. The fourth-order valence-corrected chi connectivity index (χ4v) is 3.67. The minimum atomic E-state index is -0.757. The molecular weight excluding hydrogens is 224 g/mol. The first-order valence-electron chi connectivity index (χ1n) is 6.50. The van der Waals surface area contributed by atoms with E-state index >= 15 is 0 Å². The Balaban J connectivity index is 4.39. The van der Waals surface area contributed by atoms with Gasteiger partial charge in [0.05, 0.1) is 6.10 Å². The molecule has 2 heteroatoms. The van der Waals surface area contributed by atoms with Crippen LogP contribution in [-0.4, -0.2) is 15.1 Å². The van der Waals surface area contributed by atoms with Crippen molar-refractivity contribution < 1.29 is 4.43 Å². The molecule has 1 atom stereocenters. The highest BCUT2D eigenvalue weighted by atomic mass is 28.3. The van der Waals surface area contributed by atoms with Crippen LogP contribution < -0.4 is 0 Å². The lowest BCUT2D eigenvalue weighted by atomic mass is 10.1. The molecule has 0 aliphatic heterocycles. The van der Waals surface area contributed by atoms with Crippen LogP contribution in [0.1, 0.15) is 34.1 Å². The van der Waals surface area contributed by atoms with Crippen LogP contribution in [0, 0.1) is 5.92 Å². The van der Waals surface area contributed by atoms with Gasteiger partial charge in [0.1, 0.15) is 0 Å². The van der Waals surface area contributed by atoms with Crippen LogP contribution in [0.3, 0.4) is 0 Å². The molecular formula is C15H27OSi. The van der Waals surface area contributed by atoms with Gasteiger partial charge in [0, 0.05) is 0 Å². The Morgan fingerprint density at radius 1 is 1.12 bits per heavy atom. The lowest BCUT2D eigenvalue weighted by Crippen LogP contribution is -2.28. The SMILES string of the molecule is C=CC[C@H](O[Si](C/C=C\C)C/C=C\C)C(C)C. The van der Waals surface area contributed by atoms with Gasteiger partial charge in [0.25, 0.3) is 0 Å². The van der Waals surface area contributed by atoms with Crippen molar-refractivity contribution in [1.29, 1.82) is 0 Å². The molecule has 0 aromatic heterocycles. The summed E-state index contributed by atoms with van der Waals surface area (Å²) in [6.45, 7) is 12.4. The van der Waals surface area contributed by atoms with Gasteiger partial charge in [-0.15, -0.1) is 6.58 Å².